The van der Waals surface area contributed by atoms with Crippen molar-refractivity contribution >= 4 is 0 Å². The van der Waals surface area contributed by atoms with Crippen LogP contribution in [0.5, 0.6) is 0 Å². The number of aryl methyl sites for hydroxylation is 1. The number of halogens is 1. The molecule has 0 aromatic heterocycles. The smallest absolute Gasteiger partial charge is 0.127 e. The van der Waals surface area contributed by atoms with Gasteiger partial charge in [0.2, 0.25) is 0 Å². The molecule has 2 unspecified atom stereocenters. The van der Waals surface area contributed by atoms with Crippen LogP contribution in [0.25, 0.3) is 0 Å². The van der Waals surface area contributed by atoms with Crippen molar-refractivity contribution in [1.82, 2.24) is 5.32 Å². The molecule has 1 aromatic carbocycles. The Morgan fingerprint density at radius 3 is 2.65 bits per heavy atom. The summed E-state index contributed by atoms with van der Waals surface area (Å²) in [4.78, 5) is 0. The topological polar surface area (TPSA) is 12.0 Å². The Morgan fingerprint density at radius 1 is 1.35 bits per heavy atom. The molecule has 0 bridgehead atoms. The average molecular weight is 237 g/mol. The Hall–Kier alpha value is -0.890. The van der Waals surface area contributed by atoms with E-state index in [4.69, 9.17) is 0 Å². The molecule has 96 valence electrons. The lowest BCUT2D eigenvalue weighted by Crippen LogP contribution is -2.20. The van der Waals surface area contributed by atoms with Gasteiger partial charge in [-0.3, -0.25) is 0 Å². The molecule has 0 spiro atoms. The number of nitrogens with one attached hydrogen (secondary N) is 1. The van der Waals surface area contributed by atoms with Crippen molar-refractivity contribution in [3.05, 3.63) is 35.1 Å². The zero-order valence-electron chi connectivity index (χ0n) is 11.4. The highest BCUT2D eigenvalue weighted by Gasteiger charge is 2.16. The van der Waals surface area contributed by atoms with Gasteiger partial charge in [0.1, 0.15) is 5.82 Å². The van der Waals surface area contributed by atoms with Crippen LogP contribution in [0.1, 0.15) is 50.3 Å². The van der Waals surface area contributed by atoms with Gasteiger partial charge in [-0.05, 0) is 32.4 Å². The molecular formula is C15H24FN. The van der Waals surface area contributed by atoms with Crippen LogP contribution in [-0.2, 0) is 0 Å². The summed E-state index contributed by atoms with van der Waals surface area (Å²) in [5, 5.41) is 3.24. The lowest BCUT2D eigenvalue weighted by molar-refractivity contribution is 0.397. The molecule has 1 nitrogen and oxygen atoms in total. The first-order valence-electron chi connectivity index (χ1n) is 6.51. The van der Waals surface area contributed by atoms with Crippen molar-refractivity contribution in [2.75, 3.05) is 7.05 Å². The van der Waals surface area contributed by atoms with Gasteiger partial charge >= 0.3 is 0 Å². The van der Waals surface area contributed by atoms with Crippen LogP contribution in [0, 0.1) is 18.7 Å². The quantitative estimate of drug-likeness (QED) is 0.781. The van der Waals surface area contributed by atoms with Crippen molar-refractivity contribution in [1.29, 1.82) is 0 Å². The van der Waals surface area contributed by atoms with Gasteiger partial charge < -0.3 is 5.32 Å². The molecule has 0 aliphatic rings. The summed E-state index contributed by atoms with van der Waals surface area (Å²) in [6, 6.07) is 5.46. The third-order valence-corrected chi connectivity index (χ3v) is 3.29. The van der Waals surface area contributed by atoms with Crippen LogP contribution in [-0.4, -0.2) is 7.05 Å². The minimum Gasteiger partial charge on any atom is -0.313 e. The van der Waals surface area contributed by atoms with Crippen molar-refractivity contribution in [3.63, 3.8) is 0 Å². The Morgan fingerprint density at radius 2 is 2.06 bits per heavy atom. The van der Waals surface area contributed by atoms with Gasteiger partial charge in [-0.1, -0.05) is 44.4 Å². The highest BCUT2D eigenvalue weighted by atomic mass is 19.1. The number of hydrogen-bond acceptors (Lipinski definition) is 1. The van der Waals surface area contributed by atoms with E-state index in [0.717, 1.165) is 17.5 Å². The van der Waals surface area contributed by atoms with Gasteiger partial charge in [-0.2, -0.15) is 0 Å². The second-order valence-electron chi connectivity index (χ2n) is 5.00. The first-order valence-corrected chi connectivity index (χ1v) is 6.51. The van der Waals surface area contributed by atoms with E-state index in [1.165, 1.54) is 12.8 Å². The fourth-order valence-electron chi connectivity index (χ4n) is 2.34. The molecule has 0 radical (unpaired) electrons. The fraction of sp³-hybridized carbons (Fsp3) is 0.600. The minimum absolute atomic E-state index is 0.0985. The predicted molar refractivity (Wildman–Crippen MR) is 71.6 cm³/mol. The van der Waals surface area contributed by atoms with Crippen molar-refractivity contribution in [2.45, 2.75) is 46.1 Å². The molecule has 2 atom stereocenters. The Bertz CT molecular complexity index is 349. The standard InChI is InChI=1S/C15H24FN/c1-5-6-11(2)10-15(17-4)13-9-12(3)7-8-14(13)16/h7-9,11,15,17H,5-6,10H2,1-4H3. The highest BCUT2D eigenvalue weighted by molar-refractivity contribution is 5.26. The molecule has 17 heavy (non-hydrogen) atoms. The van der Waals surface area contributed by atoms with Crippen LogP contribution in [0.15, 0.2) is 18.2 Å². The highest BCUT2D eigenvalue weighted by Crippen LogP contribution is 2.26. The first kappa shape index (κ1) is 14.2. The molecule has 1 rings (SSSR count). The average Bonchev–Trinajstić information content (AvgIpc) is 2.30. The van der Waals surface area contributed by atoms with Crippen LogP contribution < -0.4 is 5.32 Å². The summed E-state index contributed by atoms with van der Waals surface area (Å²) >= 11 is 0. The summed E-state index contributed by atoms with van der Waals surface area (Å²) < 4.78 is 13.8. The maximum atomic E-state index is 13.8. The zero-order valence-corrected chi connectivity index (χ0v) is 11.4. The van der Waals surface area contributed by atoms with Gasteiger partial charge in [0.25, 0.3) is 0 Å². The first-order chi connectivity index (χ1) is 8.08. The van der Waals surface area contributed by atoms with E-state index in [-0.39, 0.29) is 11.9 Å². The van der Waals surface area contributed by atoms with Gasteiger partial charge in [0, 0.05) is 11.6 Å². The van der Waals surface area contributed by atoms with E-state index in [1.54, 1.807) is 6.07 Å². The van der Waals surface area contributed by atoms with E-state index in [0.29, 0.717) is 5.92 Å². The van der Waals surface area contributed by atoms with Crippen molar-refractivity contribution in [2.24, 2.45) is 5.92 Å². The molecule has 0 heterocycles. The largest absolute Gasteiger partial charge is 0.313 e. The molecule has 0 fully saturated rings. The van der Waals surface area contributed by atoms with E-state index in [1.807, 2.05) is 26.1 Å². The third-order valence-electron chi connectivity index (χ3n) is 3.29. The predicted octanol–water partition coefficient (Wildman–Crippen LogP) is 4.22. The summed E-state index contributed by atoms with van der Waals surface area (Å²) in [7, 11) is 1.91. The molecule has 0 aliphatic heterocycles. The number of benzene rings is 1. The Kier molecular flexibility index (Phi) is 5.63. The fourth-order valence-corrected chi connectivity index (χ4v) is 2.34. The second kappa shape index (κ2) is 6.75. The molecule has 0 saturated carbocycles. The SMILES string of the molecule is CCCC(C)CC(NC)c1cc(C)ccc1F. The van der Waals surface area contributed by atoms with Crippen molar-refractivity contribution < 1.29 is 4.39 Å². The molecule has 1 aromatic rings. The maximum absolute atomic E-state index is 13.8. The van der Waals surface area contributed by atoms with Gasteiger partial charge in [0.15, 0.2) is 0 Å². The normalized spacial score (nSPS) is 14.6. The lowest BCUT2D eigenvalue weighted by atomic mass is 9.92. The minimum atomic E-state index is -0.0985. The summed E-state index contributed by atoms with van der Waals surface area (Å²) in [5.41, 5.74) is 1.92. The van der Waals surface area contributed by atoms with E-state index < -0.39 is 0 Å². The van der Waals surface area contributed by atoms with E-state index in [9.17, 15) is 4.39 Å². The molecule has 0 saturated heterocycles. The molecule has 2 heteroatoms. The number of rotatable bonds is 6. The summed E-state index contributed by atoms with van der Waals surface area (Å²) in [6.45, 7) is 6.44. The third kappa shape index (κ3) is 4.12. The van der Waals surface area contributed by atoms with Crippen LogP contribution in [0.2, 0.25) is 0 Å². The lowest BCUT2D eigenvalue weighted by Gasteiger charge is -2.21. The van der Waals surface area contributed by atoms with Gasteiger partial charge in [0.05, 0.1) is 0 Å². The Balaban J connectivity index is 2.82. The molecule has 1 N–H and O–H groups in total. The summed E-state index contributed by atoms with van der Waals surface area (Å²) in [5.74, 6) is 0.524. The Labute approximate surface area is 104 Å². The second-order valence-corrected chi connectivity index (χ2v) is 5.00. The zero-order chi connectivity index (χ0) is 12.8. The van der Waals surface area contributed by atoms with Crippen LogP contribution >= 0.6 is 0 Å². The van der Waals surface area contributed by atoms with Crippen LogP contribution in [0.3, 0.4) is 0 Å². The van der Waals surface area contributed by atoms with Gasteiger partial charge in [-0.15, -0.1) is 0 Å². The molecule has 0 amide bonds. The summed E-state index contributed by atoms with van der Waals surface area (Å²) in [6.07, 6.45) is 3.38. The van der Waals surface area contributed by atoms with E-state index >= 15 is 0 Å². The van der Waals surface area contributed by atoms with E-state index in [2.05, 4.69) is 19.2 Å². The van der Waals surface area contributed by atoms with Crippen molar-refractivity contribution in [3.8, 4) is 0 Å². The maximum Gasteiger partial charge on any atom is 0.127 e. The van der Waals surface area contributed by atoms with Crippen LogP contribution in [0.4, 0.5) is 4.39 Å². The molecule has 0 aliphatic carbocycles. The monoisotopic (exact) mass is 237 g/mol. The number of hydrogen-bond donors (Lipinski definition) is 1. The van der Waals surface area contributed by atoms with Gasteiger partial charge in [-0.25, -0.2) is 4.39 Å². The molecular weight excluding hydrogens is 213 g/mol.